The number of rotatable bonds is 2. The molecule has 0 atom stereocenters. The molecule has 0 saturated carbocycles. The molecule has 0 aromatic heterocycles. The Kier molecular flexibility index (Phi) is 3.17. The van der Waals surface area contributed by atoms with Crippen LogP contribution in [-0.4, -0.2) is 17.7 Å². The van der Waals surface area contributed by atoms with Crippen LogP contribution in [0.1, 0.15) is 6.92 Å². The molecule has 5 heteroatoms. The highest BCUT2D eigenvalue weighted by atomic mass is 32.2. The van der Waals surface area contributed by atoms with Gasteiger partial charge in [-0.2, -0.15) is 0 Å². The second-order valence-corrected chi connectivity index (χ2v) is 4.33. The molecule has 4 nitrogen and oxygen atoms in total. The molecule has 0 aliphatic carbocycles. The van der Waals surface area contributed by atoms with Gasteiger partial charge in [-0.15, -0.1) is 0 Å². The molecule has 1 aromatic rings. The van der Waals surface area contributed by atoms with Gasteiger partial charge in [0.25, 0.3) is 5.91 Å². The highest BCUT2D eigenvalue weighted by molar-refractivity contribution is 8.03. The molecule has 1 amide bonds. The Bertz CT molecular complexity index is 445. The number of hydrogen-bond acceptors (Lipinski definition) is 4. The molecule has 1 heterocycles. The third kappa shape index (κ3) is 1.91. The Hall–Kier alpha value is -1.46. The summed E-state index contributed by atoms with van der Waals surface area (Å²) in [5, 5.41) is 9.33. The Balaban J connectivity index is 2.34. The van der Waals surface area contributed by atoms with E-state index in [1.807, 2.05) is 36.1 Å². The number of nitrogens with one attached hydrogen (secondary N) is 1. The van der Waals surface area contributed by atoms with Crippen molar-refractivity contribution in [3.8, 4) is 0 Å². The first-order chi connectivity index (χ1) is 7.76. The van der Waals surface area contributed by atoms with Crippen LogP contribution < -0.4 is 10.4 Å². The summed E-state index contributed by atoms with van der Waals surface area (Å²) in [6.45, 7) is 2.81. The summed E-state index contributed by atoms with van der Waals surface area (Å²) in [5.74, 6) is -0.506. The van der Waals surface area contributed by atoms with Crippen LogP contribution in [0.2, 0.25) is 0 Å². The molecule has 1 aromatic carbocycles. The molecule has 0 spiro atoms. The van der Waals surface area contributed by atoms with Crippen molar-refractivity contribution >= 4 is 23.4 Å². The average molecular weight is 236 g/mol. The SMILES string of the molecule is CCN1/C(=C\C(=O)NO)Sc2ccccc21. The first-order valence-electron chi connectivity index (χ1n) is 4.96. The smallest absolute Gasteiger partial charge is 0.269 e. The van der Waals surface area contributed by atoms with Crippen LogP contribution in [0.3, 0.4) is 0 Å². The number of thioether (sulfide) groups is 1. The Labute approximate surface area is 97.9 Å². The van der Waals surface area contributed by atoms with Gasteiger partial charge in [0.05, 0.1) is 10.7 Å². The van der Waals surface area contributed by atoms with Crippen molar-refractivity contribution in [2.75, 3.05) is 11.4 Å². The Morgan fingerprint density at radius 3 is 3.00 bits per heavy atom. The van der Waals surface area contributed by atoms with Crippen molar-refractivity contribution in [2.45, 2.75) is 11.8 Å². The summed E-state index contributed by atoms with van der Waals surface area (Å²) < 4.78 is 0. The Morgan fingerprint density at radius 1 is 1.56 bits per heavy atom. The van der Waals surface area contributed by atoms with Crippen molar-refractivity contribution in [1.82, 2.24) is 5.48 Å². The monoisotopic (exact) mass is 236 g/mol. The molecule has 0 fully saturated rings. The Morgan fingerprint density at radius 2 is 2.31 bits per heavy atom. The van der Waals surface area contributed by atoms with Crippen LogP contribution in [0.15, 0.2) is 40.3 Å². The van der Waals surface area contributed by atoms with Gasteiger partial charge in [0.15, 0.2) is 0 Å². The minimum atomic E-state index is -0.506. The minimum Gasteiger partial charge on any atom is -0.335 e. The van der Waals surface area contributed by atoms with Crippen LogP contribution in [-0.2, 0) is 4.79 Å². The zero-order valence-corrected chi connectivity index (χ0v) is 9.62. The molecule has 0 unspecified atom stereocenters. The van der Waals surface area contributed by atoms with Crippen molar-refractivity contribution in [2.24, 2.45) is 0 Å². The predicted molar refractivity (Wildman–Crippen MR) is 63.3 cm³/mol. The maximum absolute atomic E-state index is 11.1. The van der Waals surface area contributed by atoms with E-state index in [0.717, 1.165) is 22.2 Å². The fourth-order valence-electron chi connectivity index (χ4n) is 1.63. The fraction of sp³-hybridized carbons (Fsp3) is 0.182. The standard InChI is InChI=1S/C11H12N2O2S/c1-2-13-8-5-3-4-6-9(8)16-11(13)7-10(14)12-15/h3-7,15H,2H2,1H3,(H,12,14)/b11-7+. The molecule has 2 N–H and O–H groups in total. The number of nitrogens with zero attached hydrogens (tertiary/aromatic N) is 1. The lowest BCUT2D eigenvalue weighted by Crippen LogP contribution is -2.21. The van der Waals surface area contributed by atoms with E-state index in [2.05, 4.69) is 0 Å². The number of anilines is 1. The van der Waals surface area contributed by atoms with E-state index in [4.69, 9.17) is 5.21 Å². The van der Waals surface area contributed by atoms with Crippen molar-refractivity contribution in [3.05, 3.63) is 35.4 Å². The summed E-state index contributed by atoms with van der Waals surface area (Å²) in [6, 6.07) is 7.97. The second-order valence-electron chi connectivity index (χ2n) is 3.27. The van der Waals surface area contributed by atoms with Crippen LogP contribution in [0.5, 0.6) is 0 Å². The van der Waals surface area contributed by atoms with Gasteiger partial charge in [-0.25, -0.2) is 5.48 Å². The van der Waals surface area contributed by atoms with Crippen molar-refractivity contribution in [3.63, 3.8) is 0 Å². The van der Waals surface area contributed by atoms with E-state index in [1.54, 1.807) is 5.48 Å². The molecule has 0 bridgehead atoms. The predicted octanol–water partition coefficient (Wildman–Crippen LogP) is 1.97. The zero-order valence-electron chi connectivity index (χ0n) is 8.80. The van der Waals surface area contributed by atoms with Crippen LogP contribution in [0.25, 0.3) is 0 Å². The molecule has 16 heavy (non-hydrogen) atoms. The second kappa shape index (κ2) is 4.59. The van der Waals surface area contributed by atoms with E-state index in [-0.39, 0.29) is 0 Å². The number of amides is 1. The molecule has 1 aliphatic rings. The molecule has 84 valence electrons. The number of hydroxylamine groups is 1. The lowest BCUT2D eigenvalue weighted by atomic mass is 10.3. The molecular formula is C11H12N2O2S. The van der Waals surface area contributed by atoms with E-state index in [1.165, 1.54) is 17.8 Å². The summed E-state index contributed by atoms with van der Waals surface area (Å²) in [5.41, 5.74) is 2.71. The summed E-state index contributed by atoms with van der Waals surface area (Å²) in [7, 11) is 0. The topological polar surface area (TPSA) is 52.6 Å². The van der Waals surface area contributed by atoms with Gasteiger partial charge in [0.1, 0.15) is 0 Å². The largest absolute Gasteiger partial charge is 0.335 e. The van der Waals surface area contributed by atoms with Gasteiger partial charge in [-0.1, -0.05) is 23.9 Å². The van der Waals surface area contributed by atoms with E-state index in [9.17, 15) is 4.79 Å². The van der Waals surface area contributed by atoms with E-state index >= 15 is 0 Å². The summed E-state index contributed by atoms with van der Waals surface area (Å²) in [6.07, 6.45) is 1.40. The number of carbonyl (C=O) groups excluding carboxylic acids is 1. The number of fused-ring (bicyclic) bond motifs is 1. The first kappa shape index (κ1) is 11.0. The summed E-state index contributed by atoms with van der Waals surface area (Å²) >= 11 is 1.53. The van der Waals surface area contributed by atoms with Gasteiger partial charge in [0, 0.05) is 17.5 Å². The zero-order chi connectivity index (χ0) is 11.5. The highest BCUT2D eigenvalue weighted by Crippen LogP contribution is 2.45. The quantitative estimate of drug-likeness (QED) is 0.468. The third-order valence-corrected chi connectivity index (χ3v) is 3.43. The van der Waals surface area contributed by atoms with Gasteiger partial charge < -0.3 is 4.90 Å². The molecule has 0 radical (unpaired) electrons. The highest BCUT2D eigenvalue weighted by Gasteiger charge is 2.23. The normalized spacial score (nSPS) is 16.4. The lowest BCUT2D eigenvalue weighted by Gasteiger charge is -2.17. The van der Waals surface area contributed by atoms with Gasteiger partial charge in [-0.05, 0) is 19.1 Å². The van der Waals surface area contributed by atoms with Crippen LogP contribution in [0.4, 0.5) is 5.69 Å². The van der Waals surface area contributed by atoms with E-state index in [0.29, 0.717) is 0 Å². The third-order valence-electron chi connectivity index (χ3n) is 2.32. The summed E-state index contributed by atoms with van der Waals surface area (Å²) in [4.78, 5) is 14.3. The molecular weight excluding hydrogens is 224 g/mol. The van der Waals surface area contributed by atoms with Gasteiger partial charge in [0.2, 0.25) is 0 Å². The van der Waals surface area contributed by atoms with Crippen LogP contribution >= 0.6 is 11.8 Å². The fourth-order valence-corrected chi connectivity index (χ4v) is 2.79. The number of carbonyl (C=O) groups is 1. The number of para-hydroxylation sites is 1. The maximum atomic E-state index is 11.1. The number of hydrogen-bond donors (Lipinski definition) is 2. The lowest BCUT2D eigenvalue weighted by molar-refractivity contribution is -0.124. The maximum Gasteiger partial charge on any atom is 0.269 e. The van der Waals surface area contributed by atoms with Crippen molar-refractivity contribution in [1.29, 1.82) is 0 Å². The van der Waals surface area contributed by atoms with Crippen molar-refractivity contribution < 1.29 is 10.0 Å². The average Bonchev–Trinajstić information content (AvgIpc) is 2.65. The molecule has 2 rings (SSSR count). The van der Waals surface area contributed by atoms with Crippen LogP contribution in [0, 0.1) is 0 Å². The van der Waals surface area contributed by atoms with Gasteiger partial charge in [-0.3, -0.25) is 10.0 Å². The molecule has 0 saturated heterocycles. The molecule has 1 aliphatic heterocycles. The van der Waals surface area contributed by atoms with E-state index < -0.39 is 5.91 Å². The minimum absolute atomic E-state index is 0.506. The van der Waals surface area contributed by atoms with Gasteiger partial charge >= 0.3 is 0 Å². The number of benzene rings is 1. The first-order valence-corrected chi connectivity index (χ1v) is 5.78.